The Morgan fingerprint density at radius 1 is 1.45 bits per heavy atom. The molecule has 1 heterocycles. The Bertz CT molecular complexity index is 743. The van der Waals surface area contributed by atoms with Crippen LogP contribution in [0.5, 0.6) is 5.75 Å². The van der Waals surface area contributed by atoms with Gasteiger partial charge < -0.3 is 13.9 Å². The first kappa shape index (κ1) is 14.1. The summed E-state index contributed by atoms with van der Waals surface area (Å²) < 4.78 is 15.9. The van der Waals surface area contributed by atoms with Crippen LogP contribution in [0.2, 0.25) is 0 Å². The number of aromatic nitrogens is 2. The molecule has 0 N–H and O–H groups in total. The number of carbonyl (C=O) groups excluding carboxylic acids is 1. The van der Waals surface area contributed by atoms with Crippen LogP contribution in [0.25, 0.3) is 11.5 Å². The molecule has 7 heteroatoms. The minimum atomic E-state index is -0.678. The van der Waals surface area contributed by atoms with Crippen molar-refractivity contribution in [1.82, 2.24) is 10.2 Å². The van der Waals surface area contributed by atoms with Crippen LogP contribution in [-0.4, -0.2) is 28.9 Å². The highest BCUT2D eigenvalue weighted by Gasteiger charge is 2.26. The fraction of sp³-hybridized carbons (Fsp3) is 0.333. The van der Waals surface area contributed by atoms with E-state index in [1.807, 2.05) is 6.07 Å². The van der Waals surface area contributed by atoms with Crippen molar-refractivity contribution in [3.05, 3.63) is 29.7 Å². The minimum Gasteiger partial charge on any atom is -0.490 e. The van der Waals surface area contributed by atoms with Gasteiger partial charge in [-0.2, -0.15) is 5.26 Å². The van der Waals surface area contributed by atoms with Crippen molar-refractivity contribution in [3.8, 4) is 23.3 Å². The van der Waals surface area contributed by atoms with E-state index in [1.165, 1.54) is 0 Å². The quantitative estimate of drug-likeness (QED) is 0.781. The summed E-state index contributed by atoms with van der Waals surface area (Å²) in [7, 11) is 0. The molecular weight excluding hydrogens is 286 g/mol. The summed E-state index contributed by atoms with van der Waals surface area (Å²) in [4.78, 5) is 11.6. The summed E-state index contributed by atoms with van der Waals surface area (Å²) in [5.74, 6) is -0.227. The monoisotopic (exact) mass is 299 g/mol. The molecule has 1 fully saturated rings. The maximum absolute atomic E-state index is 11.6. The Morgan fingerprint density at radius 3 is 2.95 bits per heavy atom. The standard InChI is InChI=1S/C15H13N3O4/c1-2-20-15(19)14-18-17-13(22-14)11-7-9(8-16)3-6-12(11)21-10-4-5-10/h3,6-7,10H,2,4-5H2,1H3. The van der Waals surface area contributed by atoms with Gasteiger partial charge >= 0.3 is 11.9 Å². The van der Waals surface area contributed by atoms with Crippen LogP contribution < -0.4 is 4.74 Å². The highest BCUT2D eigenvalue weighted by molar-refractivity contribution is 5.84. The lowest BCUT2D eigenvalue weighted by molar-refractivity contribution is 0.0481. The van der Waals surface area contributed by atoms with Gasteiger partial charge in [0.2, 0.25) is 0 Å². The van der Waals surface area contributed by atoms with E-state index in [0.717, 1.165) is 12.8 Å². The first-order valence-corrected chi connectivity index (χ1v) is 6.93. The highest BCUT2D eigenvalue weighted by Crippen LogP contribution is 2.35. The molecule has 0 atom stereocenters. The van der Waals surface area contributed by atoms with E-state index in [0.29, 0.717) is 16.9 Å². The summed E-state index contributed by atoms with van der Waals surface area (Å²) in [6.45, 7) is 1.91. The third-order valence-electron chi connectivity index (χ3n) is 3.03. The zero-order chi connectivity index (χ0) is 15.5. The lowest BCUT2D eigenvalue weighted by Crippen LogP contribution is -2.04. The molecule has 1 aliphatic carbocycles. The first-order valence-electron chi connectivity index (χ1n) is 6.93. The van der Waals surface area contributed by atoms with Crippen LogP contribution in [0.4, 0.5) is 0 Å². The average Bonchev–Trinajstić information content (AvgIpc) is 3.20. The third kappa shape index (κ3) is 2.91. The number of hydrogen-bond donors (Lipinski definition) is 0. The van der Waals surface area contributed by atoms with Gasteiger partial charge in [-0.05, 0) is 38.0 Å². The van der Waals surface area contributed by atoms with Gasteiger partial charge in [0, 0.05) is 0 Å². The summed E-state index contributed by atoms with van der Waals surface area (Å²) in [5.41, 5.74) is 0.933. The van der Waals surface area contributed by atoms with Gasteiger partial charge in [-0.3, -0.25) is 0 Å². The lowest BCUT2D eigenvalue weighted by atomic mass is 10.1. The second kappa shape index (κ2) is 5.85. The van der Waals surface area contributed by atoms with Crippen molar-refractivity contribution in [3.63, 3.8) is 0 Å². The molecule has 3 rings (SSSR count). The second-order valence-corrected chi connectivity index (χ2v) is 4.77. The van der Waals surface area contributed by atoms with Crippen molar-refractivity contribution in [2.24, 2.45) is 0 Å². The summed E-state index contributed by atoms with van der Waals surface area (Å²) in [6.07, 6.45) is 2.17. The van der Waals surface area contributed by atoms with Crippen LogP contribution in [0.1, 0.15) is 36.0 Å². The van der Waals surface area contributed by atoms with Crippen molar-refractivity contribution < 1.29 is 18.7 Å². The number of nitriles is 1. The molecule has 1 aliphatic rings. The maximum atomic E-state index is 11.6. The molecule has 0 bridgehead atoms. The van der Waals surface area contributed by atoms with Crippen molar-refractivity contribution in [2.45, 2.75) is 25.9 Å². The molecule has 1 aromatic carbocycles. The summed E-state index contributed by atoms with van der Waals surface area (Å²) in [6, 6.07) is 6.99. The highest BCUT2D eigenvalue weighted by atomic mass is 16.5. The molecule has 1 aromatic heterocycles. The molecule has 1 saturated carbocycles. The van der Waals surface area contributed by atoms with E-state index in [4.69, 9.17) is 19.2 Å². The van der Waals surface area contributed by atoms with Gasteiger partial charge in [0.25, 0.3) is 5.89 Å². The van der Waals surface area contributed by atoms with Crippen LogP contribution in [0.15, 0.2) is 22.6 Å². The third-order valence-corrected chi connectivity index (χ3v) is 3.03. The van der Waals surface area contributed by atoms with Gasteiger partial charge in [-0.15, -0.1) is 10.2 Å². The fourth-order valence-electron chi connectivity index (χ4n) is 1.84. The van der Waals surface area contributed by atoms with Crippen molar-refractivity contribution in [2.75, 3.05) is 6.61 Å². The van der Waals surface area contributed by atoms with Gasteiger partial charge in [0.15, 0.2) is 0 Å². The normalized spacial score (nSPS) is 13.5. The summed E-state index contributed by atoms with van der Waals surface area (Å²) in [5, 5.41) is 16.5. The Morgan fingerprint density at radius 2 is 2.27 bits per heavy atom. The predicted molar refractivity (Wildman–Crippen MR) is 74.1 cm³/mol. The van der Waals surface area contributed by atoms with Crippen molar-refractivity contribution in [1.29, 1.82) is 5.26 Å². The zero-order valence-corrected chi connectivity index (χ0v) is 11.9. The second-order valence-electron chi connectivity index (χ2n) is 4.77. The number of hydrogen-bond acceptors (Lipinski definition) is 7. The number of esters is 1. The van der Waals surface area contributed by atoms with Crippen LogP contribution in [-0.2, 0) is 4.74 Å². The first-order chi connectivity index (χ1) is 10.7. The summed E-state index contributed by atoms with van der Waals surface area (Å²) >= 11 is 0. The van der Waals surface area contributed by atoms with Crippen LogP contribution in [0.3, 0.4) is 0 Å². The van der Waals surface area contributed by atoms with Gasteiger partial charge in [-0.25, -0.2) is 4.79 Å². The van der Waals surface area contributed by atoms with Crippen LogP contribution in [0, 0.1) is 11.3 Å². The van der Waals surface area contributed by atoms with E-state index in [2.05, 4.69) is 10.2 Å². The van der Waals surface area contributed by atoms with Crippen molar-refractivity contribution >= 4 is 5.97 Å². The molecule has 2 aromatic rings. The molecule has 0 radical (unpaired) electrons. The molecule has 0 unspecified atom stereocenters. The fourth-order valence-corrected chi connectivity index (χ4v) is 1.84. The molecule has 112 valence electrons. The van der Waals surface area contributed by atoms with Gasteiger partial charge in [0.1, 0.15) is 5.75 Å². The van der Waals surface area contributed by atoms with E-state index in [-0.39, 0.29) is 24.5 Å². The number of benzene rings is 1. The maximum Gasteiger partial charge on any atom is 0.396 e. The smallest absolute Gasteiger partial charge is 0.396 e. The molecule has 0 aliphatic heterocycles. The molecular formula is C15H13N3O4. The molecule has 0 spiro atoms. The van der Waals surface area contributed by atoms with E-state index < -0.39 is 5.97 Å². The topological polar surface area (TPSA) is 98.2 Å². The van der Waals surface area contributed by atoms with Gasteiger partial charge in [0.05, 0.1) is 29.9 Å². The zero-order valence-electron chi connectivity index (χ0n) is 11.9. The Hall–Kier alpha value is -2.88. The van der Waals surface area contributed by atoms with E-state index >= 15 is 0 Å². The average molecular weight is 299 g/mol. The predicted octanol–water partition coefficient (Wildman–Crippen LogP) is 2.33. The number of ether oxygens (including phenoxy) is 2. The number of nitrogens with zero attached hydrogens (tertiary/aromatic N) is 3. The Balaban J connectivity index is 1.95. The number of carbonyl (C=O) groups is 1. The molecule has 22 heavy (non-hydrogen) atoms. The Kier molecular flexibility index (Phi) is 3.74. The van der Waals surface area contributed by atoms with E-state index in [9.17, 15) is 4.79 Å². The molecule has 0 amide bonds. The Labute approximate surface area is 126 Å². The lowest BCUT2D eigenvalue weighted by Gasteiger charge is -2.08. The van der Waals surface area contributed by atoms with Gasteiger partial charge in [-0.1, -0.05) is 0 Å². The molecule has 0 saturated heterocycles. The SMILES string of the molecule is CCOC(=O)c1nnc(-c2cc(C#N)ccc2OC2CC2)o1. The molecule has 7 nitrogen and oxygen atoms in total. The van der Waals surface area contributed by atoms with E-state index in [1.54, 1.807) is 25.1 Å². The van der Waals surface area contributed by atoms with Crippen LogP contribution >= 0.6 is 0 Å². The minimum absolute atomic E-state index is 0.121. The largest absolute Gasteiger partial charge is 0.490 e. The number of rotatable bonds is 5.